The van der Waals surface area contributed by atoms with Gasteiger partial charge in [0, 0.05) is 5.56 Å². The fraction of sp³-hybridized carbons (Fsp3) is 0.100. The molecule has 2 aromatic carbocycles. The highest BCUT2D eigenvalue weighted by atomic mass is 32.2. The number of hydrogen-bond donors (Lipinski definition) is 0. The minimum Gasteiger partial charge on any atom is -0.288 e. The van der Waals surface area contributed by atoms with E-state index in [9.17, 15) is 18.5 Å². The summed E-state index contributed by atoms with van der Waals surface area (Å²) in [6, 6.07) is 17.7. The molecule has 1 heterocycles. The summed E-state index contributed by atoms with van der Waals surface area (Å²) in [5.41, 5.74) is 1.73. The molecule has 0 bridgehead atoms. The predicted molar refractivity (Wildman–Crippen MR) is 102 cm³/mol. The van der Waals surface area contributed by atoms with Gasteiger partial charge in [0.1, 0.15) is 6.07 Å². The maximum Gasteiger partial charge on any atom is 0.298 e. The Labute approximate surface area is 161 Å². The van der Waals surface area contributed by atoms with E-state index >= 15 is 0 Å². The van der Waals surface area contributed by atoms with Crippen LogP contribution in [0.5, 0.6) is 0 Å². The highest BCUT2D eigenvalue weighted by molar-refractivity contribution is 7.86. The van der Waals surface area contributed by atoms with Gasteiger partial charge in [-0.25, -0.2) is 4.18 Å². The lowest BCUT2D eigenvalue weighted by Crippen LogP contribution is -2.11. The number of rotatable bonds is 6. The first-order valence-electron chi connectivity index (χ1n) is 7.98. The normalized spacial score (nSPS) is 12.3. The molecule has 0 radical (unpaired) electrons. The zero-order valence-corrected chi connectivity index (χ0v) is 16.0. The second-order valence-electron chi connectivity index (χ2n) is 5.80. The monoisotopic (exact) mass is 397 g/mol. The fourth-order valence-electron chi connectivity index (χ4n) is 2.40. The first-order valence-corrected chi connectivity index (χ1v) is 10.3. The van der Waals surface area contributed by atoms with Gasteiger partial charge in [0.15, 0.2) is 6.10 Å². The van der Waals surface area contributed by atoms with Gasteiger partial charge in [0.25, 0.3) is 10.1 Å². The molecule has 136 valence electrons. The third-order valence-corrected chi connectivity index (χ3v) is 6.03. The van der Waals surface area contributed by atoms with E-state index in [0.717, 1.165) is 5.56 Å². The zero-order chi connectivity index (χ0) is 19.4. The molecule has 0 aliphatic heterocycles. The van der Waals surface area contributed by atoms with Gasteiger partial charge in [0.2, 0.25) is 5.78 Å². The number of carbonyl (C=O) groups is 1. The van der Waals surface area contributed by atoms with Crippen molar-refractivity contribution in [1.82, 2.24) is 0 Å². The molecule has 1 unspecified atom stereocenters. The van der Waals surface area contributed by atoms with E-state index in [0.29, 0.717) is 16.0 Å². The Kier molecular flexibility index (Phi) is 5.51. The van der Waals surface area contributed by atoms with Crippen LogP contribution < -0.4 is 0 Å². The summed E-state index contributed by atoms with van der Waals surface area (Å²) >= 11 is 1.34. The lowest BCUT2D eigenvalue weighted by molar-refractivity contribution is 0.104. The van der Waals surface area contributed by atoms with Gasteiger partial charge in [-0.05, 0) is 36.1 Å². The molecule has 1 atom stereocenters. The molecule has 7 heteroatoms. The van der Waals surface area contributed by atoms with Crippen molar-refractivity contribution in [2.24, 2.45) is 0 Å². The minimum atomic E-state index is -4.09. The minimum absolute atomic E-state index is 0.0159. The number of thiophene rings is 1. The van der Waals surface area contributed by atoms with Crippen molar-refractivity contribution in [1.29, 1.82) is 5.26 Å². The van der Waals surface area contributed by atoms with Gasteiger partial charge in [-0.2, -0.15) is 13.7 Å². The van der Waals surface area contributed by atoms with Gasteiger partial charge >= 0.3 is 0 Å². The van der Waals surface area contributed by atoms with Crippen LogP contribution in [0.25, 0.3) is 0 Å². The first-order chi connectivity index (χ1) is 12.9. The lowest BCUT2D eigenvalue weighted by Gasteiger charge is -2.12. The molecule has 0 fully saturated rings. The second kappa shape index (κ2) is 7.84. The van der Waals surface area contributed by atoms with Crippen LogP contribution in [0.1, 0.15) is 32.5 Å². The van der Waals surface area contributed by atoms with E-state index in [-0.39, 0.29) is 10.7 Å². The van der Waals surface area contributed by atoms with Crippen molar-refractivity contribution >= 4 is 27.2 Å². The average Bonchev–Trinajstić information content (AvgIpc) is 3.21. The van der Waals surface area contributed by atoms with Crippen molar-refractivity contribution in [2.45, 2.75) is 17.9 Å². The number of carbonyl (C=O) groups excluding carboxylic acids is 1. The number of aryl methyl sites for hydroxylation is 1. The van der Waals surface area contributed by atoms with E-state index in [1.165, 1.54) is 35.6 Å². The number of nitriles is 1. The highest BCUT2D eigenvalue weighted by Gasteiger charge is 2.23. The van der Waals surface area contributed by atoms with E-state index < -0.39 is 16.2 Å². The molecule has 3 rings (SSSR count). The van der Waals surface area contributed by atoms with Crippen LogP contribution in [0.3, 0.4) is 0 Å². The van der Waals surface area contributed by atoms with Crippen LogP contribution in [0, 0.1) is 18.3 Å². The predicted octanol–water partition coefficient (Wildman–Crippen LogP) is 4.26. The maximum absolute atomic E-state index is 12.4. The fourth-order valence-corrected chi connectivity index (χ4v) is 4.07. The quantitative estimate of drug-likeness (QED) is 0.458. The van der Waals surface area contributed by atoms with E-state index in [4.69, 9.17) is 4.18 Å². The summed E-state index contributed by atoms with van der Waals surface area (Å²) in [7, 11) is -4.09. The number of nitrogens with zero attached hydrogens (tertiary/aromatic N) is 1. The first kappa shape index (κ1) is 19.0. The smallest absolute Gasteiger partial charge is 0.288 e. The molecule has 27 heavy (non-hydrogen) atoms. The third kappa shape index (κ3) is 4.31. The Morgan fingerprint density at radius 1 is 1.07 bits per heavy atom. The van der Waals surface area contributed by atoms with Crippen LogP contribution in [0.4, 0.5) is 0 Å². The number of hydrogen-bond acceptors (Lipinski definition) is 6. The molecule has 0 spiro atoms. The van der Waals surface area contributed by atoms with Crippen molar-refractivity contribution in [3.63, 3.8) is 0 Å². The Morgan fingerprint density at radius 3 is 2.30 bits per heavy atom. The molecular formula is C20H15NO4S2. The summed E-state index contributed by atoms with van der Waals surface area (Å²) in [4.78, 5) is 12.9. The molecular weight excluding hydrogens is 382 g/mol. The molecule has 0 N–H and O–H groups in total. The van der Waals surface area contributed by atoms with Crippen molar-refractivity contribution < 1.29 is 17.4 Å². The van der Waals surface area contributed by atoms with Crippen LogP contribution in [0.2, 0.25) is 0 Å². The molecule has 3 aromatic rings. The van der Waals surface area contributed by atoms with Gasteiger partial charge in [0.05, 0.1) is 9.77 Å². The summed E-state index contributed by atoms with van der Waals surface area (Å²) in [5.74, 6) is -0.127. The van der Waals surface area contributed by atoms with Crippen molar-refractivity contribution in [3.8, 4) is 6.07 Å². The number of ketones is 1. The topological polar surface area (TPSA) is 84.2 Å². The number of benzene rings is 2. The van der Waals surface area contributed by atoms with Crippen LogP contribution in [-0.4, -0.2) is 14.2 Å². The van der Waals surface area contributed by atoms with Gasteiger partial charge in [-0.1, -0.05) is 48.0 Å². The Hall–Kier alpha value is -2.79. The highest BCUT2D eigenvalue weighted by Crippen LogP contribution is 2.25. The third-order valence-electron chi connectivity index (χ3n) is 3.87. The molecule has 0 saturated carbocycles. The molecule has 1 aromatic heterocycles. The summed E-state index contributed by atoms with van der Waals surface area (Å²) < 4.78 is 29.9. The van der Waals surface area contributed by atoms with E-state index in [1.807, 2.05) is 18.4 Å². The van der Waals surface area contributed by atoms with Crippen molar-refractivity contribution in [3.05, 3.63) is 87.6 Å². The van der Waals surface area contributed by atoms with E-state index in [1.54, 1.807) is 36.4 Å². The van der Waals surface area contributed by atoms with Crippen molar-refractivity contribution in [2.75, 3.05) is 0 Å². The van der Waals surface area contributed by atoms with Gasteiger partial charge in [-0.15, -0.1) is 11.3 Å². The Morgan fingerprint density at radius 2 is 1.74 bits per heavy atom. The molecule has 0 aliphatic carbocycles. The maximum atomic E-state index is 12.4. The summed E-state index contributed by atoms with van der Waals surface area (Å²) in [6.45, 7) is 1.84. The van der Waals surface area contributed by atoms with Crippen LogP contribution >= 0.6 is 11.3 Å². The average molecular weight is 397 g/mol. The lowest BCUT2D eigenvalue weighted by atomic mass is 10.0. The van der Waals surface area contributed by atoms with Crippen LogP contribution in [0.15, 0.2) is 70.9 Å². The molecule has 5 nitrogen and oxygen atoms in total. The van der Waals surface area contributed by atoms with Gasteiger partial charge < -0.3 is 0 Å². The molecule has 0 aliphatic rings. The second-order valence-corrected chi connectivity index (χ2v) is 8.32. The molecule has 0 amide bonds. The Bertz CT molecular complexity index is 1080. The van der Waals surface area contributed by atoms with Crippen LogP contribution in [-0.2, 0) is 14.3 Å². The zero-order valence-electron chi connectivity index (χ0n) is 14.3. The Balaban J connectivity index is 1.80. The SMILES string of the molecule is Cc1ccc(S(=O)(=O)OC(C#N)c2ccc(C(=O)c3cccs3)cc2)cc1. The largest absolute Gasteiger partial charge is 0.298 e. The van der Waals surface area contributed by atoms with E-state index in [2.05, 4.69) is 0 Å². The van der Waals surface area contributed by atoms with Gasteiger partial charge in [-0.3, -0.25) is 4.79 Å². The summed E-state index contributed by atoms with van der Waals surface area (Å²) in [5, 5.41) is 11.2. The standard InChI is InChI=1S/C20H15NO4S2/c1-14-4-10-17(11-5-14)27(23,24)25-18(13-21)15-6-8-16(9-7-15)20(22)19-3-2-12-26-19/h2-12,18H,1H3. The molecule has 0 saturated heterocycles. The summed E-state index contributed by atoms with van der Waals surface area (Å²) in [6.07, 6.45) is -1.30.